The predicted octanol–water partition coefficient (Wildman–Crippen LogP) is -0.367. The topological polar surface area (TPSA) is 110 Å². The predicted molar refractivity (Wildman–Crippen MR) is 74.9 cm³/mol. The summed E-state index contributed by atoms with van der Waals surface area (Å²) in [7, 11) is 0. The smallest absolute Gasteiger partial charge is 0.257 e. The molecule has 0 atom stereocenters. The molecule has 1 aromatic carbocycles. The van der Waals surface area contributed by atoms with E-state index in [0.717, 1.165) is 0 Å². The highest BCUT2D eigenvalue weighted by atomic mass is 32.1. The standard InChI is InChI=1S/C10H10N4O2S2/c11-9(17)13-7(15)5-2-1-3-6(4-5)8(16)14-10(12)18/h1-4H,(H3,11,13,15,17)(H3,12,14,16,18). The largest absolute Gasteiger partial charge is 0.376 e. The van der Waals surface area contributed by atoms with Gasteiger partial charge in [0.1, 0.15) is 0 Å². The number of carbonyl (C=O) groups is 2. The molecule has 94 valence electrons. The van der Waals surface area contributed by atoms with Gasteiger partial charge >= 0.3 is 0 Å². The Bertz CT molecular complexity index is 487. The molecule has 18 heavy (non-hydrogen) atoms. The molecule has 0 aliphatic rings. The Morgan fingerprint density at radius 2 is 1.33 bits per heavy atom. The number of nitrogens with two attached hydrogens (primary N) is 2. The molecule has 0 aromatic heterocycles. The number of hydrogen-bond acceptors (Lipinski definition) is 4. The van der Waals surface area contributed by atoms with Crippen LogP contribution in [0.25, 0.3) is 0 Å². The highest BCUT2D eigenvalue weighted by molar-refractivity contribution is 7.80. The van der Waals surface area contributed by atoms with Crippen LogP contribution in [-0.2, 0) is 0 Å². The van der Waals surface area contributed by atoms with Crippen molar-refractivity contribution in [3.05, 3.63) is 35.4 Å². The molecule has 8 heteroatoms. The lowest BCUT2D eigenvalue weighted by atomic mass is 10.1. The fourth-order valence-electron chi connectivity index (χ4n) is 1.17. The van der Waals surface area contributed by atoms with Gasteiger partial charge in [0.15, 0.2) is 10.2 Å². The summed E-state index contributed by atoms with van der Waals surface area (Å²) < 4.78 is 0. The van der Waals surface area contributed by atoms with Gasteiger partial charge in [0.25, 0.3) is 11.8 Å². The van der Waals surface area contributed by atoms with Crippen LogP contribution in [0.4, 0.5) is 0 Å². The Labute approximate surface area is 114 Å². The second kappa shape index (κ2) is 6.03. The van der Waals surface area contributed by atoms with Gasteiger partial charge in [-0.25, -0.2) is 0 Å². The molecule has 0 radical (unpaired) electrons. The monoisotopic (exact) mass is 282 g/mol. The summed E-state index contributed by atoms with van der Waals surface area (Å²) in [5, 5.41) is 4.23. The lowest BCUT2D eigenvalue weighted by Crippen LogP contribution is -2.36. The third kappa shape index (κ3) is 4.07. The third-order valence-electron chi connectivity index (χ3n) is 1.86. The van der Waals surface area contributed by atoms with Gasteiger partial charge in [0.05, 0.1) is 0 Å². The maximum absolute atomic E-state index is 11.6. The van der Waals surface area contributed by atoms with E-state index in [-0.39, 0.29) is 21.4 Å². The second-order valence-corrected chi connectivity index (χ2v) is 4.10. The summed E-state index contributed by atoms with van der Waals surface area (Å²) in [4.78, 5) is 23.2. The Morgan fingerprint density at radius 1 is 0.944 bits per heavy atom. The highest BCUT2D eigenvalue weighted by Crippen LogP contribution is 2.05. The van der Waals surface area contributed by atoms with Crippen LogP contribution in [0.1, 0.15) is 20.7 Å². The first-order valence-electron chi connectivity index (χ1n) is 4.72. The number of hydrogen-bond donors (Lipinski definition) is 4. The molecule has 0 saturated carbocycles. The molecular weight excluding hydrogens is 272 g/mol. The van der Waals surface area contributed by atoms with Crippen LogP contribution in [0.15, 0.2) is 24.3 Å². The first kappa shape index (κ1) is 14.0. The van der Waals surface area contributed by atoms with Crippen LogP contribution >= 0.6 is 24.4 Å². The summed E-state index contributed by atoms with van der Waals surface area (Å²) in [5.41, 5.74) is 10.9. The van der Waals surface area contributed by atoms with Crippen molar-refractivity contribution in [3.63, 3.8) is 0 Å². The molecule has 0 aliphatic heterocycles. The van der Waals surface area contributed by atoms with E-state index in [1.165, 1.54) is 18.2 Å². The third-order valence-corrected chi connectivity index (χ3v) is 2.06. The second-order valence-electron chi connectivity index (χ2n) is 3.22. The van der Waals surface area contributed by atoms with Crippen LogP contribution < -0.4 is 22.1 Å². The Balaban J connectivity index is 2.92. The number of thiocarbonyl (C=S) groups is 2. The maximum Gasteiger partial charge on any atom is 0.257 e. The van der Waals surface area contributed by atoms with E-state index in [2.05, 4.69) is 35.1 Å². The van der Waals surface area contributed by atoms with E-state index in [1.807, 2.05) is 0 Å². The normalized spacial score (nSPS) is 9.33. The minimum Gasteiger partial charge on any atom is -0.376 e. The van der Waals surface area contributed by atoms with Crippen LogP contribution in [0.5, 0.6) is 0 Å². The molecule has 2 amide bonds. The summed E-state index contributed by atoms with van der Waals surface area (Å²) in [6.07, 6.45) is 0. The fourth-order valence-corrected chi connectivity index (χ4v) is 1.36. The molecule has 0 aliphatic carbocycles. The average molecular weight is 282 g/mol. The molecule has 0 saturated heterocycles. The Hall–Kier alpha value is -2.06. The molecule has 0 fully saturated rings. The van der Waals surface area contributed by atoms with E-state index in [9.17, 15) is 9.59 Å². The SMILES string of the molecule is NC(=S)NC(=O)c1cccc(C(=O)NC(N)=S)c1. The van der Waals surface area contributed by atoms with Crippen LogP contribution in [0.2, 0.25) is 0 Å². The van der Waals surface area contributed by atoms with Crippen molar-refractivity contribution in [2.75, 3.05) is 0 Å². The van der Waals surface area contributed by atoms with Crippen molar-refractivity contribution in [2.45, 2.75) is 0 Å². The summed E-state index contributed by atoms with van der Waals surface area (Å²) in [6.45, 7) is 0. The van der Waals surface area contributed by atoms with Crippen molar-refractivity contribution in [2.24, 2.45) is 11.5 Å². The van der Waals surface area contributed by atoms with E-state index in [0.29, 0.717) is 0 Å². The zero-order valence-electron chi connectivity index (χ0n) is 9.10. The van der Waals surface area contributed by atoms with Gasteiger partial charge in [-0.1, -0.05) is 6.07 Å². The van der Waals surface area contributed by atoms with Gasteiger partial charge < -0.3 is 11.5 Å². The number of benzene rings is 1. The number of carbonyl (C=O) groups excluding carboxylic acids is 2. The quantitative estimate of drug-likeness (QED) is 0.551. The molecule has 0 unspecified atom stereocenters. The fraction of sp³-hybridized carbons (Fsp3) is 0. The zero-order valence-corrected chi connectivity index (χ0v) is 10.7. The molecule has 6 N–H and O–H groups in total. The van der Waals surface area contributed by atoms with Crippen LogP contribution in [0.3, 0.4) is 0 Å². The van der Waals surface area contributed by atoms with E-state index >= 15 is 0 Å². The summed E-state index contributed by atoms with van der Waals surface area (Å²) >= 11 is 9.09. The molecular formula is C10H10N4O2S2. The lowest BCUT2D eigenvalue weighted by molar-refractivity contribution is 0.0976. The van der Waals surface area contributed by atoms with Crippen molar-refractivity contribution >= 4 is 46.5 Å². The van der Waals surface area contributed by atoms with Gasteiger partial charge in [-0.05, 0) is 42.6 Å². The minimum absolute atomic E-state index is 0.141. The van der Waals surface area contributed by atoms with E-state index < -0.39 is 11.8 Å². The van der Waals surface area contributed by atoms with Gasteiger partial charge in [-0.2, -0.15) is 0 Å². The van der Waals surface area contributed by atoms with E-state index in [1.54, 1.807) is 6.07 Å². The number of nitrogens with one attached hydrogen (secondary N) is 2. The van der Waals surface area contributed by atoms with Gasteiger partial charge in [0, 0.05) is 11.1 Å². The number of rotatable bonds is 2. The van der Waals surface area contributed by atoms with Crippen LogP contribution in [0, 0.1) is 0 Å². The van der Waals surface area contributed by atoms with Crippen molar-refractivity contribution in [3.8, 4) is 0 Å². The minimum atomic E-state index is -0.493. The summed E-state index contributed by atoms with van der Waals surface area (Å²) in [5.74, 6) is -0.986. The Morgan fingerprint density at radius 3 is 1.67 bits per heavy atom. The highest BCUT2D eigenvalue weighted by Gasteiger charge is 2.11. The van der Waals surface area contributed by atoms with Crippen molar-refractivity contribution < 1.29 is 9.59 Å². The first-order chi connectivity index (χ1) is 8.40. The van der Waals surface area contributed by atoms with Crippen molar-refractivity contribution in [1.29, 1.82) is 0 Å². The molecule has 1 rings (SSSR count). The zero-order chi connectivity index (χ0) is 13.7. The Kier molecular flexibility index (Phi) is 4.69. The van der Waals surface area contributed by atoms with Gasteiger partial charge in [0.2, 0.25) is 0 Å². The lowest BCUT2D eigenvalue weighted by Gasteiger charge is -2.05. The van der Waals surface area contributed by atoms with Gasteiger partial charge in [-0.3, -0.25) is 20.2 Å². The summed E-state index contributed by atoms with van der Waals surface area (Å²) in [6, 6.07) is 5.96. The molecule has 0 heterocycles. The average Bonchev–Trinajstić information content (AvgIpc) is 2.27. The molecule has 6 nitrogen and oxygen atoms in total. The molecule has 0 bridgehead atoms. The van der Waals surface area contributed by atoms with Crippen molar-refractivity contribution in [1.82, 2.24) is 10.6 Å². The first-order valence-corrected chi connectivity index (χ1v) is 5.53. The van der Waals surface area contributed by atoms with Crippen LogP contribution in [-0.4, -0.2) is 22.0 Å². The van der Waals surface area contributed by atoms with E-state index in [4.69, 9.17) is 11.5 Å². The molecule has 1 aromatic rings. The van der Waals surface area contributed by atoms with Gasteiger partial charge in [-0.15, -0.1) is 0 Å². The maximum atomic E-state index is 11.6. The number of amides is 2. The molecule has 0 spiro atoms.